The number of amides is 1. The van der Waals surface area contributed by atoms with E-state index in [2.05, 4.69) is 23.2 Å². The zero-order chi connectivity index (χ0) is 15.3. The Hall–Kier alpha value is -2.26. The number of carbonyl (C=O) groups excluding carboxylic acids is 1. The Morgan fingerprint density at radius 2 is 1.90 bits per heavy atom. The van der Waals surface area contributed by atoms with Gasteiger partial charge in [-0.05, 0) is 49.9 Å². The van der Waals surface area contributed by atoms with Crippen LogP contribution in [-0.2, 0) is 0 Å². The first-order valence-corrected chi connectivity index (χ1v) is 7.48. The molecule has 0 bridgehead atoms. The summed E-state index contributed by atoms with van der Waals surface area (Å²) in [5.74, 6) is 6.68. The number of nitrogens with one attached hydrogen (secondary N) is 1. The highest BCUT2D eigenvalue weighted by Gasteiger charge is 2.28. The predicted octanol–water partition coefficient (Wildman–Crippen LogP) is 3.26. The molecule has 0 unspecified atom stereocenters. The number of nitrogens with zero attached hydrogens (tertiary/aromatic N) is 1. The summed E-state index contributed by atoms with van der Waals surface area (Å²) in [4.78, 5) is 12.2. The van der Waals surface area contributed by atoms with Crippen molar-refractivity contribution < 1.29 is 4.79 Å². The van der Waals surface area contributed by atoms with Gasteiger partial charge in [0.15, 0.2) is 0 Å². The van der Waals surface area contributed by atoms with Crippen molar-refractivity contribution in [2.75, 3.05) is 0 Å². The van der Waals surface area contributed by atoms with E-state index in [1.165, 1.54) is 12.8 Å². The summed E-state index contributed by atoms with van der Waals surface area (Å²) in [6.45, 7) is 3.81. The van der Waals surface area contributed by atoms with Crippen LogP contribution in [0.15, 0.2) is 24.3 Å². The van der Waals surface area contributed by atoms with E-state index in [1.807, 2.05) is 26.0 Å². The van der Waals surface area contributed by atoms with Gasteiger partial charge in [-0.15, -0.1) is 0 Å². The molecule has 1 amide bonds. The maximum Gasteiger partial charge on any atom is 0.252 e. The van der Waals surface area contributed by atoms with Crippen LogP contribution in [0, 0.1) is 29.1 Å². The molecule has 3 nitrogen and oxygen atoms in total. The summed E-state index contributed by atoms with van der Waals surface area (Å²) >= 11 is 0. The summed E-state index contributed by atoms with van der Waals surface area (Å²) in [6, 6.07) is 9.45. The van der Waals surface area contributed by atoms with Crippen molar-refractivity contribution in [3.63, 3.8) is 0 Å². The van der Waals surface area contributed by atoms with Crippen molar-refractivity contribution in [2.24, 2.45) is 5.92 Å². The van der Waals surface area contributed by atoms with Crippen molar-refractivity contribution in [1.82, 2.24) is 5.32 Å². The van der Waals surface area contributed by atoms with Gasteiger partial charge in [-0.1, -0.05) is 25.7 Å². The van der Waals surface area contributed by atoms with Gasteiger partial charge in [-0.3, -0.25) is 4.79 Å². The summed E-state index contributed by atoms with van der Waals surface area (Å²) in [5.41, 5.74) is 0.714. The maximum absolute atomic E-state index is 12.2. The number of carbonyl (C=O) groups is 1. The smallest absolute Gasteiger partial charge is 0.252 e. The molecule has 0 radical (unpaired) electrons. The number of hydrogen-bond acceptors (Lipinski definition) is 2. The molecule has 21 heavy (non-hydrogen) atoms. The zero-order valence-corrected chi connectivity index (χ0v) is 12.6. The van der Waals surface area contributed by atoms with Crippen LogP contribution < -0.4 is 5.32 Å². The second kappa shape index (κ2) is 6.46. The average molecular weight is 280 g/mol. The molecule has 2 rings (SSSR count). The molecule has 1 aliphatic carbocycles. The lowest BCUT2D eigenvalue weighted by Gasteiger charge is -2.24. The van der Waals surface area contributed by atoms with E-state index in [9.17, 15) is 10.1 Å². The minimum absolute atomic E-state index is 0.207. The highest BCUT2D eigenvalue weighted by Crippen LogP contribution is 2.27. The van der Waals surface area contributed by atoms with E-state index in [4.69, 9.17) is 0 Å². The second-order valence-corrected chi connectivity index (χ2v) is 5.48. The zero-order valence-electron chi connectivity index (χ0n) is 12.6. The van der Waals surface area contributed by atoms with Crippen LogP contribution in [0.5, 0.6) is 0 Å². The third-order valence-electron chi connectivity index (χ3n) is 3.92. The van der Waals surface area contributed by atoms with Gasteiger partial charge in [0.05, 0.1) is 6.07 Å². The van der Waals surface area contributed by atoms with E-state index < -0.39 is 5.54 Å². The summed E-state index contributed by atoms with van der Waals surface area (Å²) in [7, 11) is 0. The Morgan fingerprint density at radius 3 is 2.38 bits per heavy atom. The first-order chi connectivity index (χ1) is 10.1. The molecule has 108 valence electrons. The van der Waals surface area contributed by atoms with Gasteiger partial charge in [0.25, 0.3) is 5.91 Å². The van der Waals surface area contributed by atoms with E-state index in [-0.39, 0.29) is 5.91 Å². The first-order valence-electron chi connectivity index (χ1n) is 7.48. The van der Waals surface area contributed by atoms with Crippen LogP contribution in [0.4, 0.5) is 0 Å². The number of rotatable bonds is 4. The van der Waals surface area contributed by atoms with E-state index in [1.54, 1.807) is 12.1 Å². The van der Waals surface area contributed by atoms with Gasteiger partial charge < -0.3 is 5.32 Å². The molecule has 1 aliphatic rings. The lowest BCUT2D eigenvalue weighted by Crippen LogP contribution is -2.46. The van der Waals surface area contributed by atoms with Crippen LogP contribution in [-0.4, -0.2) is 11.4 Å². The number of benzene rings is 1. The maximum atomic E-state index is 12.2. The molecule has 1 fully saturated rings. The minimum atomic E-state index is -0.776. The van der Waals surface area contributed by atoms with Gasteiger partial charge in [-0.2, -0.15) is 5.26 Å². The molecule has 0 saturated heterocycles. The molecule has 3 heteroatoms. The highest BCUT2D eigenvalue weighted by molar-refractivity contribution is 5.95. The molecular formula is C18H20N2O. The first kappa shape index (κ1) is 15.1. The quantitative estimate of drug-likeness (QED) is 0.861. The van der Waals surface area contributed by atoms with E-state index >= 15 is 0 Å². The van der Waals surface area contributed by atoms with E-state index in [0.717, 1.165) is 5.56 Å². The molecule has 0 atom stereocenters. The summed E-state index contributed by atoms with van der Waals surface area (Å²) in [6.07, 6.45) is 3.60. The molecular weight excluding hydrogens is 260 g/mol. The molecule has 1 saturated carbocycles. The van der Waals surface area contributed by atoms with Gasteiger partial charge >= 0.3 is 0 Å². The fourth-order valence-electron chi connectivity index (χ4n) is 2.02. The van der Waals surface area contributed by atoms with Gasteiger partial charge in [0.2, 0.25) is 0 Å². The number of hydrogen-bond donors (Lipinski definition) is 1. The molecule has 0 aliphatic heterocycles. The second-order valence-electron chi connectivity index (χ2n) is 5.48. The van der Waals surface area contributed by atoms with E-state index in [0.29, 0.717) is 24.3 Å². The fraction of sp³-hybridized carbons (Fsp3) is 0.444. The predicted molar refractivity (Wildman–Crippen MR) is 82.4 cm³/mol. The van der Waals surface area contributed by atoms with Gasteiger partial charge in [-0.25, -0.2) is 0 Å². The van der Waals surface area contributed by atoms with Crippen molar-refractivity contribution >= 4 is 5.91 Å². The lowest BCUT2D eigenvalue weighted by molar-refractivity contribution is 0.0915. The normalized spacial score (nSPS) is 13.8. The van der Waals surface area contributed by atoms with Crippen LogP contribution in [0.2, 0.25) is 0 Å². The Labute approximate surface area is 126 Å². The Balaban J connectivity index is 2.06. The molecule has 0 spiro atoms. The SMILES string of the molecule is CCC(C#N)(CC)NC(=O)c1ccc(C#CC2CC2)cc1. The van der Waals surface area contributed by atoms with Crippen molar-refractivity contribution in [3.05, 3.63) is 35.4 Å². The third kappa shape index (κ3) is 3.86. The lowest BCUT2D eigenvalue weighted by atomic mass is 9.94. The van der Waals surface area contributed by atoms with Crippen LogP contribution >= 0.6 is 0 Å². The van der Waals surface area contributed by atoms with Crippen LogP contribution in [0.3, 0.4) is 0 Å². The minimum Gasteiger partial charge on any atom is -0.334 e. The molecule has 1 aromatic rings. The van der Waals surface area contributed by atoms with Crippen molar-refractivity contribution in [1.29, 1.82) is 5.26 Å². The monoisotopic (exact) mass is 280 g/mol. The largest absolute Gasteiger partial charge is 0.334 e. The third-order valence-corrected chi connectivity index (χ3v) is 3.92. The highest BCUT2D eigenvalue weighted by atomic mass is 16.1. The molecule has 1 aromatic carbocycles. The molecule has 0 heterocycles. The Morgan fingerprint density at radius 1 is 1.29 bits per heavy atom. The standard InChI is InChI=1S/C18H20N2O/c1-3-18(4-2,13-19)20-17(21)16-11-9-15(10-12-16)8-7-14-5-6-14/h9-12,14H,3-6H2,1-2H3,(H,20,21). The van der Waals surface area contributed by atoms with Crippen LogP contribution in [0.1, 0.15) is 55.5 Å². The Kier molecular flexibility index (Phi) is 4.66. The summed E-state index contributed by atoms with van der Waals surface area (Å²) < 4.78 is 0. The fourth-order valence-corrected chi connectivity index (χ4v) is 2.02. The number of nitriles is 1. The van der Waals surface area contributed by atoms with Gasteiger partial charge in [0, 0.05) is 17.0 Å². The van der Waals surface area contributed by atoms with Crippen molar-refractivity contribution in [2.45, 2.75) is 45.1 Å². The average Bonchev–Trinajstić information content (AvgIpc) is 3.35. The molecule has 1 N–H and O–H groups in total. The topological polar surface area (TPSA) is 52.9 Å². The Bertz CT molecular complexity index is 605. The summed E-state index contributed by atoms with van der Waals surface area (Å²) in [5, 5.41) is 12.1. The van der Waals surface area contributed by atoms with Crippen molar-refractivity contribution in [3.8, 4) is 17.9 Å². The van der Waals surface area contributed by atoms with Gasteiger partial charge in [0.1, 0.15) is 5.54 Å². The van der Waals surface area contributed by atoms with Crippen LogP contribution in [0.25, 0.3) is 0 Å². The molecule has 0 aromatic heterocycles.